The van der Waals surface area contributed by atoms with E-state index in [0.29, 0.717) is 22.0 Å². The third kappa shape index (κ3) is 4.09. The Morgan fingerprint density at radius 1 is 1.15 bits per heavy atom. The summed E-state index contributed by atoms with van der Waals surface area (Å²) >= 11 is 5.83. The molecule has 1 saturated heterocycles. The number of hydrogen-bond donors (Lipinski definition) is 1. The van der Waals surface area contributed by atoms with E-state index in [2.05, 4.69) is 5.32 Å². The number of nitrogens with one attached hydrogen (secondary N) is 1. The molecule has 2 aromatic carbocycles. The van der Waals surface area contributed by atoms with Gasteiger partial charge in [0.15, 0.2) is 0 Å². The number of aryl methyl sites for hydroxylation is 1. The van der Waals surface area contributed by atoms with Crippen LogP contribution in [-0.4, -0.2) is 37.8 Å². The molecule has 5 nitrogen and oxygen atoms in total. The van der Waals surface area contributed by atoms with Gasteiger partial charge in [0.25, 0.3) is 5.91 Å². The van der Waals surface area contributed by atoms with E-state index < -0.39 is 10.0 Å². The van der Waals surface area contributed by atoms with Crippen LogP contribution in [0, 0.1) is 6.92 Å². The molecule has 0 saturated carbocycles. The predicted molar refractivity (Wildman–Crippen MR) is 102 cm³/mol. The van der Waals surface area contributed by atoms with Crippen LogP contribution in [0.1, 0.15) is 28.8 Å². The lowest BCUT2D eigenvalue weighted by Crippen LogP contribution is -2.43. The Bertz CT molecular complexity index is 880. The highest BCUT2D eigenvalue weighted by atomic mass is 35.5. The summed E-state index contributed by atoms with van der Waals surface area (Å²) in [4.78, 5) is 12.5. The number of amides is 1. The van der Waals surface area contributed by atoms with Crippen molar-refractivity contribution in [1.82, 2.24) is 9.62 Å². The van der Waals surface area contributed by atoms with Gasteiger partial charge in [-0.2, -0.15) is 4.31 Å². The second kappa shape index (κ2) is 7.78. The molecule has 3 rings (SSSR count). The van der Waals surface area contributed by atoms with E-state index in [9.17, 15) is 13.2 Å². The summed E-state index contributed by atoms with van der Waals surface area (Å²) in [6.07, 6.45) is 1.51. The van der Waals surface area contributed by atoms with Crippen molar-refractivity contribution in [1.29, 1.82) is 0 Å². The van der Waals surface area contributed by atoms with Gasteiger partial charge in [0, 0.05) is 29.7 Å². The molecule has 1 amide bonds. The number of benzene rings is 2. The minimum atomic E-state index is -3.56. The van der Waals surface area contributed by atoms with Gasteiger partial charge < -0.3 is 5.32 Å². The Morgan fingerprint density at radius 3 is 2.46 bits per heavy atom. The van der Waals surface area contributed by atoms with E-state index in [4.69, 9.17) is 11.6 Å². The summed E-state index contributed by atoms with van der Waals surface area (Å²) in [7, 11) is -3.56. The third-order valence-corrected chi connectivity index (χ3v) is 6.77. The highest BCUT2D eigenvalue weighted by molar-refractivity contribution is 7.89. The predicted octanol–water partition coefficient (Wildman–Crippen LogP) is 3.23. The highest BCUT2D eigenvalue weighted by Crippen LogP contribution is 2.26. The Morgan fingerprint density at radius 2 is 1.81 bits per heavy atom. The number of rotatable bonds is 5. The average Bonchev–Trinajstić information content (AvgIpc) is 3.10. The monoisotopic (exact) mass is 392 g/mol. The molecule has 138 valence electrons. The molecular formula is C19H21ClN2O3S. The molecule has 0 bridgehead atoms. The standard InChI is InChI=1S/C19H21ClN2O3S/c1-14-4-10-18(11-5-14)26(24,25)22-12-2-3-17(22)13-21-19(23)15-6-8-16(20)9-7-15/h4-11,17H,2-3,12-13H2,1H3,(H,21,23). The fraction of sp³-hybridized carbons (Fsp3) is 0.316. The third-order valence-electron chi connectivity index (χ3n) is 4.56. The van der Waals surface area contributed by atoms with E-state index in [1.165, 1.54) is 4.31 Å². The summed E-state index contributed by atoms with van der Waals surface area (Å²) in [6.45, 7) is 2.67. The van der Waals surface area contributed by atoms with Crippen molar-refractivity contribution in [3.63, 3.8) is 0 Å². The number of hydrogen-bond acceptors (Lipinski definition) is 3. The van der Waals surface area contributed by atoms with Gasteiger partial charge in [-0.05, 0) is 56.2 Å². The quantitative estimate of drug-likeness (QED) is 0.849. The van der Waals surface area contributed by atoms with Gasteiger partial charge in [0.1, 0.15) is 0 Å². The minimum absolute atomic E-state index is 0.235. The molecule has 1 atom stereocenters. The SMILES string of the molecule is Cc1ccc(S(=O)(=O)N2CCCC2CNC(=O)c2ccc(Cl)cc2)cc1. The van der Waals surface area contributed by atoms with Gasteiger partial charge in [-0.15, -0.1) is 0 Å². The van der Waals surface area contributed by atoms with Crippen LogP contribution < -0.4 is 5.32 Å². The topological polar surface area (TPSA) is 66.5 Å². The molecular weight excluding hydrogens is 372 g/mol. The van der Waals surface area contributed by atoms with Crippen LogP contribution in [-0.2, 0) is 10.0 Å². The molecule has 0 aromatic heterocycles. The van der Waals surface area contributed by atoms with Gasteiger partial charge in [0.05, 0.1) is 4.90 Å². The Balaban J connectivity index is 1.69. The number of sulfonamides is 1. The molecule has 0 aliphatic carbocycles. The number of nitrogens with zero attached hydrogens (tertiary/aromatic N) is 1. The lowest BCUT2D eigenvalue weighted by atomic mass is 10.2. The lowest BCUT2D eigenvalue weighted by molar-refractivity contribution is 0.0946. The second-order valence-electron chi connectivity index (χ2n) is 6.44. The van der Waals surface area contributed by atoms with Crippen LogP contribution >= 0.6 is 11.6 Å². The molecule has 26 heavy (non-hydrogen) atoms. The summed E-state index contributed by atoms with van der Waals surface area (Å²) in [6, 6.07) is 13.2. The molecule has 1 aliphatic heterocycles. The minimum Gasteiger partial charge on any atom is -0.350 e. The Labute approximate surface area is 159 Å². The van der Waals surface area contributed by atoms with Gasteiger partial charge in [-0.3, -0.25) is 4.79 Å². The molecule has 2 aromatic rings. The first-order valence-electron chi connectivity index (χ1n) is 8.50. The van der Waals surface area contributed by atoms with Gasteiger partial charge >= 0.3 is 0 Å². The average molecular weight is 393 g/mol. The molecule has 1 N–H and O–H groups in total. The molecule has 1 fully saturated rings. The molecule has 0 spiro atoms. The van der Waals surface area contributed by atoms with E-state index in [1.807, 2.05) is 6.92 Å². The first kappa shape index (κ1) is 18.9. The van der Waals surface area contributed by atoms with Crippen LogP contribution in [0.25, 0.3) is 0 Å². The highest BCUT2D eigenvalue weighted by Gasteiger charge is 2.35. The largest absolute Gasteiger partial charge is 0.350 e. The zero-order valence-electron chi connectivity index (χ0n) is 14.5. The normalized spacial score (nSPS) is 18.0. The van der Waals surface area contributed by atoms with E-state index in [1.54, 1.807) is 48.5 Å². The molecule has 0 radical (unpaired) electrons. The van der Waals surface area contributed by atoms with Crippen LogP contribution in [0.3, 0.4) is 0 Å². The maximum Gasteiger partial charge on any atom is 0.251 e. The molecule has 1 unspecified atom stereocenters. The van der Waals surface area contributed by atoms with Gasteiger partial charge in [-0.25, -0.2) is 8.42 Å². The molecule has 1 aliphatic rings. The van der Waals surface area contributed by atoms with Crippen molar-refractivity contribution in [3.8, 4) is 0 Å². The Hall–Kier alpha value is -1.89. The summed E-state index contributed by atoms with van der Waals surface area (Å²) in [5.41, 5.74) is 1.51. The zero-order valence-corrected chi connectivity index (χ0v) is 16.1. The van der Waals surface area contributed by atoms with Crippen LogP contribution in [0.2, 0.25) is 5.02 Å². The first-order chi connectivity index (χ1) is 12.4. The second-order valence-corrected chi connectivity index (χ2v) is 8.77. The fourth-order valence-electron chi connectivity index (χ4n) is 3.09. The fourth-order valence-corrected chi connectivity index (χ4v) is 4.91. The smallest absolute Gasteiger partial charge is 0.251 e. The van der Waals surface area contributed by atoms with Crippen LogP contribution in [0.5, 0.6) is 0 Å². The lowest BCUT2D eigenvalue weighted by Gasteiger charge is -2.24. The molecule has 7 heteroatoms. The molecule has 1 heterocycles. The Kier molecular flexibility index (Phi) is 5.65. The van der Waals surface area contributed by atoms with Gasteiger partial charge in [0.2, 0.25) is 10.0 Å². The van der Waals surface area contributed by atoms with Crippen molar-refractivity contribution < 1.29 is 13.2 Å². The van der Waals surface area contributed by atoms with E-state index in [-0.39, 0.29) is 18.5 Å². The summed E-state index contributed by atoms with van der Waals surface area (Å²) in [5, 5.41) is 3.40. The maximum atomic E-state index is 12.9. The van der Waals surface area contributed by atoms with E-state index in [0.717, 1.165) is 18.4 Å². The number of halogens is 1. The van der Waals surface area contributed by atoms with Crippen molar-refractivity contribution >= 4 is 27.5 Å². The number of carbonyl (C=O) groups excluding carboxylic acids is 1. The van der Waals surface area contributed by atoms with Crippen molar-refractivity contribution in [2.75, 3.05) is 13.1 Å². The van der Waals surface area contributed by atoms with Crippen LogP contribution in [0.15, 0.2) is 53.4 Å². The van der Waals surface area contributed by atoms with E-state index >= 15 is 0 Å². The van der Waals surface area contributed by atoms with Crippen molar-refractivity contribution in [2.45, 2.75) is 30.7 Å². The summed E-state index contributed by atoms with van der Waals surface area (Å²) < 4.78 is 27.3. The van der Waals surface area contributed by atoms with Crippen molar-refractivity contribution in [3.05, 3.63) is 64.7 Å². The first-order valence-corrected chi connectivity index (χ1v) is 10.3. The van der Waals surface area contributed by atoms with Crippen molar-refractivity contribution in [2.24, 2.45) is 0 Å². The number of carbonyl (C=O) groups is 1. The van der Waals surface area contributed by atoms with Gasteiger partial charge in [-0.1, -0.05) is 29.3 Å². The van der Waals surface area contributed by atoms with Crippen LogP contribution in [0.4, 0.5) is 0 Å². The zero-order chi connectivity index (χ0) is 18.7. The maximum absolute atomic E-state index is 12.9. The summed E-state index contributed by atoms with van der Waals surface area (Å²) in [5.74, 6) is -0.235.